The van der Waals surface area contributed by atoms with Gasteiger partial charge in [-0.25, -0.2) is 9.97 Å². The second kappa shape index (κ2) is 5.75. The van der Waals surface area contributed by atoms with Crippen LogP contribution in [-0.2, 0) is 6.54 Å². The molecule has 5 heteroatoms. The SMILES string of the molecule is CCN(Cc1ccccn1)c1nc2ccccc2nc1N. The molecule has 0 aliphatic rings. The van der Waals surface area contributed by atoms with E-state index >= 15 is 0 Å². The number of nitrogen functional groups attached to an aromatic ring is 1. The zero-order valence-electron chi connectivity index (χ0n) is 11.9. The lowest BCUT2D eigenvalue weighted by Crippen LogP contribution is -2.25. The molecule has 2 N–H and O–H groups in total. The van der Waals surface area contributed by atoms with Crippen molar-refractivity contribution in [3.8, 4) is 0 Å². The summed E-state index contributed by atoms with van der Waals surface area (Å²) in [6.45, 7) is 3.52. The molecule has 106 valence electrons. The van der Waals surface area contributed by atoms with Crippen molar-refractivity contribution in [1.29, 1.82) is 0 Å². The molecule has 0 saturated heterocycles. The van der Waals surface area contributed by atoms with Crippen molar-refractivity contribution in [3.05, 3.63) is 54.4 Å². The van der Waals surface area contributed by atoms with Gasteiger partial charge in [-0.2, -0.15) is 0 Å². The molecular weight excluding hydrogens is 262 g/mol. The molecule has 21 heavy (non-hydrogen) atoms. The van der Waals surface area contributed by atoms with E-state index < -0.39 is 0 Å². The number of nitrogens with two attached hydrogens (primary N) is 1. The first-order valence-corrected chi connectivity index (χ1v) is 6.95. The van der Waals surface area contributed by atoms with E-state index in [2.05, 4.69) is 26.8 Å². The fourth-order valence-corrected chi connectivity index (χ4v) is 2.26. The van der Waals surface area contributed by atoms with Crippen LogP contribution in [0, 0.1) is 0 Å². The van der Waals surface area contributed by atoms with Gasteiger partial charge in [0.05, 0.1) is 23.3 Å². The van der Waals surface area contributed by atoms with Gasteiger partial charge in [-0.05, 0) is 31.2 Å². The van der Waals surface area contributed by atoms with Crippen LogP contribution in [0.5, 0.6) is 0 Å². The summed E-state index contributed by atoms with van der Waals surface area (Å²) in [5, 5.41) is 0. The highest BCUT2D eigenvalue weighted by molar-refractivity contribution is 5.79. The predicted octanol–water partition coefficient (Wildman–Crippen LogP) is 2.63. The third-order valence-electron chi connectivity index (χ3n) is 3.34. The Morgan fingerprint density at radius 1 is 1.00 bits per heavy atom. The molecule has 0 spiro atoms. The number of aromatic nitrogens is 3. The number of hydrogen-bond donors (Lipinski definition) is 1. The Kier molecular flexibility index (Phi) is 3.64. The molecule has 3 aromatic rings. The fourth-order valence-electron chi connectivity index (χ4n) is 2.26. The molecule has 0 aliphatic heterocycles. The quantitative estimate of drug-likeness (QED) is 0.795. The van der Waals surface area contributed by atoms with E-state index in [1.165, 1.54) is 0 Å². The van der Waals surface area contributed by atoms with Crippen molar-refractivity contribution in [3.63, 3.8) is 0 Å². The van der Waals surface area contributed by atoms with E-state index in [-0.39, 0.29) is 0 Å². The first kappa shape index (κ1) is 13.3. The van der Waals surface area contributed by atoms with Gasteiger partial charge in [0.25, 0.3) is 0 Å². The first-order chi connectivity index (χ1) is 10.3. The van der Waals surface area contributed by atoms with E-state index in [0.717, 1.165) is 23.3 Å². The van der Waals surface area contributed by atoms with Crippen molar-refractivity contribution in [2.24, 2.45) is 0 Å². The van der Waals surface area contributed by atoms with Gasteiger partial charge < -0.3 is 10.6 Å². The summed E-state index contributed by atoms with van der Waals surface area (Å²) < 4.78 is 0. The van der Waals surface area contributed by atoms with Crippen LogP contribution in [0.25, 0.3) is 11.0 Å². The highest BCUT2D eigenvalue weighted by Crippen LogP contribution is 2.23. The molecule has 5 nitrogen and oxygen atoms in total. The van der Waals surface area contributed by atoms with Crippen molar-refractivity contribution < 1.29 is 0 Å². The Morgan fingerprint density at radius 2 is 1.71 bits per heavy atom. The van der Waals surface area contributed by atoms with Gasteiger partial charge >= 0.3 is 0 Å². The largest absolute Gasteiger partial charge is 0.381 e. The zero-order chi connectivity index (χ0) is 14.7. The Hall–Kier alpha value is -2.69. The average Bonchev–Trinajstić information content (AvgIpc) is 2.53. The third kappa shape index (κ3) is 2.76. The van der Waals surface area contributed by atoms with Crippen molar-refractivity contribution in [2.75, 3.05) is 17.2 Å². The smallest absolute Gasteiger partial charge is 0.172 e. The van der Waals surface area contributed by atoms with Crippen LogP contribution in [0.4, 0.5) is 11.6 Å². The lowest BCUT2D eigenvalue weighted by atomic mass is 10.3. The summed E-state index contributed by atoms with van der Waals surface area (Å²) in [6, 6.07) is 13.6. The molecule has 0 fully saturated rings. The van der Waals surface area contributed by atoms with Crippen molar-refractivity contribution in [1.82, 2.24) is 15.0 Å². The lowest BCUT2D eigenvalue weighted by molar-refractivity contribution is 0.796. The van der Waals surface area contributed by atoms with Crippen LogP contribution in [0.15, 0.2) is 48.7 Å². The summed E-state index contributed by atoms with van der Waals surface area (Å²) in [4.78, 5) is 15.5. The minimum Gasteiger partial charge on any atom is -0.381 e. The van der Waals surface area contributed by atoms with Gasteiger partial charge in [0.15, 0.2) is 11.6 Å². The van der Waals surface area contributed by atoms with Crippen molar-refractivity contribution in [2.45, 2.75) is 13.5 Å². The molecule has 1 aromatic carbocycles. The van der Waals surface area contributed by atoms with Gasteiger partial charge in [0.2, 0.25) is 0 Å². The molecule has 3 rings (SSSR count). The number of para-hydroxylation sites is 2. The van der Waals surface area contributed by atoms with E-state index in [1.54, 1.807) is 6.20 Å². The van der Waals surface area contributed by atoms with Crippen LogP contribution in [0.2, 0.25) is 0 Å². The summed E-state index contributed by atoms with van der Waals surface area (Å²) in [7, 11) is 0. The normalized spacial score (nSPS) is 10.7. The topological polar surface area (TPSA) is 67.9 Å². The second-order valence-electron chi connectivity index (χ2n) is 4.76. The molecule has 0 unspecified atom stereocenters. The molecule has 0 saturated carbocycles. The maximum Gasteiger partial charge on any atom is 0.172 e. The van der Waals surface area contributed by atoms with E-state index in [0.29, 0.717) is 18.2 Å². The fraction of sp³-hybridized carbons (Fsp3) is 0.188. The minimum absolute atomic E-state index is 0.450. The number of fused-ring (bicyclic) bond motifs is 1. The summed E-state index contributed by atoms with van der Waals surface area (Å²) in [5.74, 6) is 1.16. The Bertz CT molecular complexity index is 742. The van der Waals surface area contributed by atoms with Crippen LogP contribution in [0.1, 0.15) is 12.6 Å². The van der Waals surface area contributed by atoms with Crippen LogP contribution in [-0.4, -0.2) is 21.5 Å². The molecule has 0 amide bonds. The Morgan fingerprint density at radius 3 is 2.38 bits per heavy atom. The Balaban J connectivity index is 1.98. The average molecular weight is 279 g/mol. The van der Waals surface area contributed by atoms with Gasteiger partial charge in [0, 0.05) is 12.7 Å². The number of nitrogens with zero attached hydrogens (tertiary/aromatic N) is 4. The summed E-state index contributed by atoms with van der Waals surface area (Å²) in [5.41, 5.74) is 8.72. The Labute approximate surface area is 123 Å². The number of pyridine rings is 1. The predicted molar refractivity (Wildman–Crippen MR) is 84.9 cm³/mol. The van der Waals surface area contributed by atoms with Gasteiger partial charge in [-0.3, -0.25) is 4.98 Å². The van der Waals surface area contributed by atoms with Crippen LogP contribution in [0.3, 0.4) is 0 Å². The third-order valence-corrected chi connectivity index (χ3v) is 3.34. The summed E-state index contributed by atoms with van der Waals surface area (Å²) >= 11 is 0. The molecule has 0 radical (unpaired) electrons. The van der Waals surface area contributed by atoms with Crippen molar-refractivity contribution >= 4 is 22.7 Å². The number of rotatable bonds is 4. The maximum atomic E-state index is 6.08. The molecule has 0 atom stereocenters. The molecular formula is C16H17N5. The second-order valence-corrected chi connectivity index (χ2v) is 4.76. The van der Waals surface area contributed by atoms with Gasteiger partial charge in [0.1, 0.15) is 0 Å². The lowest BCUT2D eigenvalue weighted by Gasteiger charge is -2.22. The standard InChI is InChI=1S/C16H17N5/c1-2-21(11-12-7-5-6-10-18-12)16-15(17)19-13-8-3-4-9-14(13)20-16/h3-10H,2,11H2,1H3,(H2,17,19). The highest BCUT2D eigenvalue weighted by Gasteiger charge is 2.13. The van der Waals surface area contributed by atoms with E-state index in [1.807, 2.05) is 42.5 Å². The number of anilines is 2. The molecule has 2 aromatic heterocycles. The highest BCUT2D eigenvalue weighted by atomic mass is 15.2. The first-order valence-electron chi connectivity index (χ1n) is 6.95. The van der Waals surface area contributed by atoms with Crippen LogP contribution >= 0.6 is 0 Å². The minimum atomic E-state index is 0.450. The number of hydrogen-bond acceptors (Lipinski definition) is 5. The molecule has 2 heterocycles. The van der Waals surface area contributed by atoms with Crippen LogP contribution < -0.4 is 10.6 Å². The van der Waals surface area contributed by atoms with Gasteiger partial charge in [-0.15, -0.1) is 0 Å². The van der Waals surface area contributed by atoms with Gasteiger partial charge in [-0.1, -0.05) is 18.2 Å². The molecule has 0 aliphatic carbocycles. The summed E-state index contributed by atoms with van der Waals surface area (Å²) in [6.07, 6.45) is 1.79. The monoisotopic (exact) mass is 279 g/mol. The van der Waals surface area contributed by atoms with E-state index in [4.69, 9.17) is 5.73 Å². The van der Waals surface area contributed by atoms with E-state index in [9.17, 15) is 0 Å². The number of benzene rings is 1. The molecule has 0 bridgehead atoms. The maximum absolute atomic E-state index is 6.08. The zero-order valence-corrected chi connectivity index (χ0v) is 11.9.